The van der Waals surface area contributed by atoms with E-state index in [0.717, 1.165) is 31.6 Å². The predicted octanol–water partition coefficient (Wildman–Crippen LogP) is 0.501. The second kappa shape index (κ2) is 7.16. The molecule has 1 saturated heterocycles. The number of piperidine rings is 1. The van der Waals surface area contributed by atoms with Crippen molar-refractivity contribution in [2.45, 2.75) is 25.9 Å². The molecule has 0 bridgehead atoms. The van der Waals surface area contributed by atoms with E-state index in [9.17, 15) is 4.79 Å². The molecule has 2 N–H and O–H groups in total. The van der Waals surface area contributed by atoms with Crippen LogP contribution in [0.5, 0.6) is 5.88 Å². The number of carbonyl (C=O) groups is 1. The van der Waals surface area contributed by atoms with Gasteiger partial charge in [0.2, 0.25) is 11.8 Å². The summed E-state index contributed by atoms with van der Waals surface area (Å²) in [6, 6.07) is 1.70. The molecule has 0 aromatic carbocycles. The number of rotatable bonds is 5. The lowest BCUT2D eigenvalue weighted by atomic mass is 10.1. The number of nitrogens with one attached hydrogen (secondary N) is 2. The second-order valence-electron chi connectivity index (χ2n) is 4.68. The van der Waals surface area contributed by atoms with E-state index in [0.29, 0.717) is 5.88 Å². The molecule has 0 saturated carbocycles. The van der Waals surface area contributed by atoms with Crippen LogP contribution in [0.15, 0.2) is 6.07 Å². The Morgan fingerprint density at radius 3 is 2.90 bits per heavy atom. The number of nitrogens with zero attached hydrogens (tertiary/aromatic N) is 2. The van der Waals surface area contributed by atoms with E-state index in [4.69, 9.17) is 9.47 Å². The fourth-order valence-corrected chi connectivity index (χ4v) is 2.02. The van der Waals surface area contributed by atoms with Gasteiger partial charge in [0.15, 0.2) is 0 Å². The first kappa shape index (κ1) is 14.7. The van der Waals surface area contributed by atoms with Crippen molar-refractivity contribution in [1.29, 1.82) is 0 Å². The summed E-state index contributed by atoms with van der Waals surface area (Å²) in [7, 11) is 1.52. The van der Waals surface area contributed by atoms with Gasteiger partial charge in [-0.15, -0.1) is 0 Å². The molecule has 7 nitrogen and oxygen atoms in total. The first-order chi connectivity index (χ1) is 9.67. The van der Waals surface area contributed by atoms with Crippen molar-refractivity contribution in [3.63, 3.8) is 0 Å². The highest BCUT2D eigenvalue weighted by atomic mass is 16.5. The molecule has 0 aliphatic carbocycles. The van der Waals surface area contributed by atoms with Gasteiger partial charge in [0.1, 0.15) is 6.61 Å². The van der Waals surface area contributed by atoms with Gasteiger partial charge in [0.05, 0.1) is 13.2 Å². The zero-order chi connectivity index (χ0) is 14.4. The maximum absolute atomic E-state index is 11.8. The highest BCUT2D eigenvalue weighted by Crippen LogP contribution is 2.11. The van der Waals surface area contributed by atoms with Crippen molar-refractivity contribution in [2.24, 2.45) is 0 Å². The Kier molecular flexibility index (Phi) is 5.25. The lowest BCUT2D eigenvalue weighted by Gasteiger charge is -2.22. The predicted molar refractivity (Wildman–Crippen MR) is 73.8 cm³/mol. The highest BCUT2D eigenvalue weighted by molar-refractivity contribution is 5.90. The van der Waals surface area contributed by atoms with Crippen LogP contribution in [0.1, 0.15) is 18.5 Å². The van der Waals surface area contributed by atoms with Crippen molar-refractivity contribution in [1.82, 2.24) is 15.3 Å². The largest absolute Gasteiger partial charge is 0.481 e. The Morgan fingerprint density at radius 1 is 1.45 bits per heavy atom. The van der Waals surface area contributed by atoms with Gasteiger partial charge in [-0.1, -0.05) is 0 Å². The molecular weight excluding hydrogens is 260 g/mol. The van der Waals surface area contributed by atoms with Gasteiger partial charge in [-0.3, -0.25) is 10.1 Å². The number of amides is 1. The van der Waals surface area contributed by atoms with E-state index in [1.165, 1.54) is 7.11 Å². The molecule has 1 aliphatic rings. The van der Waals surface area contributed by atoms with Gasteiger partial charge in [-0.25, -0.2) is 4.98 Å². The van der Waals surface area contributed by atoms with Gasteiger partial charge in [-0.05, 0) is 32.9 Å². The van der Waals surface area contributed by atoms with Gasteiger partial charge < -0.3 is 14.8 Å². The van der Waals surface area contributed by atoms with Crippen LogP contribution in [0.2, 0.25) is 0 Å². The van der Waals surface area contributed by atoms with E-state index < -0.39 is 0 Å². The lowest BCUT2D eigenvalue weighted by molar-refractivity contribution is -0.123. The molecule has 1 fully saturated rings. The number of methoxy groups -OCH3 is 1. The molecule has 7 heteroatoms. The molecule has 0 radical (unpaired) electrons. The van der Waals surface area contributed by atoms with Crippen molar-refractivity contribution in [3.8, 4) is 5.88 Å². The molecule has 1 aromatic heterocycles. The van der Waals surface area contributed by atoms with Crippen molar-refractivity contribution in [2.75, 3.05) is 32.1 Å². The minimum atomic E-state index is -0.254. The number of anilines is 1. The molecule has 1 aromatic rings. The Morgan fingerprint density at radius 2 is 2.20 bits per heavy atom. The summed E-state index contributed by atoms with van der Waals surface area (Å²) in [5, 5.41) is 5.86. The number of hydrogen-bond donors (Lipinski definition) is 2. The molecule has 110 valence electrons. The van der Waals surface area contributed by atoms with E-state index in [1.54, 1.807) is 6.07 Å². The van der Waals surface area contributed by atoms with Crippen LogP contribution < -0.4 is 15.4 Å². The molecule has 0 unspecified atom stereocenters. The molecule has 20 heavy (non-hydrogen) atoms. The second-order valence-corrected chi connectivity index (χ2v) is 4.68. The molecular formula is C13H20N4O3. The zero-order valence-electron chi connectivity index (χ0n) is 11.8. The monoisotopic (exact) mass is 280 g/mol. The normalized spacial score (nSPS) is 15.9. The van der Waals surface area contributed by atoms with Crippen molar-refractivity contribution >= 4 is 11.9 Å². The molecule has 0 atom stereocenters. The van der Waals surface area contributed by atoms with Crippen molar-refractivity contribution < 1.29 is 14.3 Å². The number of ether oxygens (including phenoxy) is 2. The van der Waals surface area contributed by atoms with Crippen LogP contribution in [0.3, 0.4) is 0 Å². The summed E-state index contributed by atoms with van der Waals surface area (Å²) >= 11 is 0. The Hall–Kier alpha value is -1.73. The highest BCUT2D eigenvalue weighted by Gasteiger charge is 2.15. The standard InChI is InChI=1S/C13H20N4O3/c1-9-7-12(19-2)17-13(15-9)16-11(18)8-20-10-3-5-14-6-4-10/h7,10,14H,3-6,8H2,1-2H3,(H,15,16,17,18). The topological polar surface area (TPSA) is 85.4 Å². The molecule has 1 amide bonds. The van der Waals surface area contributed by atoms with E-state index in [1.807, 2.05) is 6.92 Å². The minimum Gasteiger partial charge on any atom is -0.481 e. The number of carbonyl (C=O) groups excluding carboxylic acids is 1. The Bertz CT molecular complexity index is 461. The quantitative estimate of drug-likeness (QED) is 0.817. The summed E-state index contributed by atoms with van der Waals surface area (Å²) in [5.74, 6) is 0.406. The number of aryl methyl sites for hydroxylation is 1. The van der Waals surface area contributed by atoms with Gasteiger partial charge in [0, 0.05) is 11.8 Å². The smallest absolute Gasteiger partial charge is 0.252 e. The maximum Gasteiger partial charge on any atom is 0.252 e. The first-order valence-electron chi connectivity index (χ1n) is 6.69. The Labute approximate surface area is 118 Å². The molecule has 0 spiro atoms. The maximum atomic E-state index is 11.8. The average Bonchev–Trinajstić information content (AvgIpc) is 2.45. The van der Waals surface area contributed by atoms with Crippen LogP contribution in [-0.4, -0.2) is 48.8 Å². The SMILES string of the molecule is COc1cc(C)nc(NC(=O)COC2CCNCC2)n1. The van der Waals surface area contributed by atoms with Gasteiger partial charge in [-0.2, -0.15) is 4.98 Å². The Balaban J connectivity index is 1.83. The fraction of sp³-hybridized carbons (Fsp3) is 0.615. The average molecular weight is 280 g/mol. The number of hydrogen-bond acceptors (Lipinski definition) is 6. The van der Waals surface area contributed by atoms with Gasteiger partial charge >= 0.3 is 0 Å². The van der Waals surface area contributed by atoms with Crippen molar-refractivity contribution in [3.05, 3.63) is 11.8 Å². The minimum absolute atomic E-state index is 0.0181. The zero-order valence-corrected chi connectivity index (χ0v) is 11.8. The summed E-state index contributed by atoms with van der Waals surface area (Å²) in [5.41, 5.74) is 0.728. The van der Waals surface area contributed by atoms with E-state index >= 15 is 0 Å². The third-order valence-electron chi connectivity index (χ3n) is 3.03. The van der Waals surface area contributed by atoms with Crippen LogP contribution in [-0.2, 0) is 9.53 Å². The third-order valence-corrected chi connectivity index (χ3v) is 3.03. The van der Waals surface area contributed by atoms with Crippen LogP contribution in [0.4, 0.5) is 5.95 Å². The van der Waals surface area contributed by atoms with E-state index in [-0.39, 0.29) is 24.6 Å². The molecule has 2 rings (SSSR count). The van der Waals surface area contributed by atoms with E-state index in [2.05, 4.69) is 20.6 Å². The van der Waals surface area contributed by atoms with Crippen LogP contribution in [0.25, 0.3) is 0 Å². The third kappa shape index (κ3) is 4.43. The lowest BCUT2D eigenvalue weighted by Crippen LogP contribution is -2.34. The first-order valence-corrected chi connectivity index (χ1v) is 6.69. The summed E-state index contributed by atoms with van der Waals surface area (Å²) < 4.78 is 10.6. The summed E-state index contributed by atoms with van der Waals surface area (Å²) in [6.07, 6.45) is 2.01. The van der Waals surface area contributed by atoms with Crippen LogP contribution >= 0.6 is 0 Å². The molecule has 1 aliphatic heterocycles. The summed E-state index contributed by atoms with van der Waals surface area (Å²) in [4.78, 5) is 20.0. The molecule has 2 heterocycles. The van der Waals surface area contributed by atoms with Gasteiger partial charge in [0.25, 0.3) is 5.91 Å². The van der Waals surface area contributed by atoms with Crippen LogP contribution in [0, 0.1) is 6.92 Å². The fourth-order valence-electron chi connectivity index (χ4n) is 2.02. The number of aromatic nitrogens is 2. The summed E-state index contributed by atoms with van der Waals surface area (Å²) in [6.45, 7) is 3.70.